The molecule has 1 fully saturated rings. The monoisotopic (exact) mass is 436 g/mol. The summed E-state index contributed by atoms with van der Waals surface area (Å²) in [7, 11) is 1.58. The number of aromatic nitrogens is 1. The first-order valence-electron chi connectivity index (χ1n) is 9.72. The molecule has 2 heterocycles. The number of hydrogen-bond acceptors (Lipinski definition) is 5. The number of carbonyl (C=O) groups is 2. The highest BCUT2D eigenvalue weighted by atomic mass is 19.3. The number of halogens is 2. The molecule has 0 unspecified atom stereocenters. The number of carbonyl (C=O) groups excluding carboxylic acids is 2. The van der Waals surface area contributed by atoms with E-state index in [2.05, 4.69) is 10.3 Å². The molecular weight excluding hydrogens is 418 g/mol. The number of rotatable bonds is 5. The number of nitrogens with one attached hydrogen (secondary N) is 1. The Balaban J connectivity index is 1.53. The van der Waals surface area contributed by atoms with Gasteiger partial charge < -0.3 is 15.0 Å². The maximum atomic E-state index is 13.4. The van der Waals surface area contributed by atoms with E-state index in [1.165, 1.54) is 18.3 Å². The fraction of sp³-hybridized carbons (Fsp3) is 0.217. The van der Waals surface area contributed by atoms with Crippen molar-refractivity contribution in [3.63, 3.8) is 0 Å². The molecule has 0 bridgehead atoms. The van der Waals surface area contributed by atoms with Crippen LogP contribution in [0.1, 0.15) is 10.4 Å². The summed E-state index contributed by atoms with van der Waals surface area (Å²) in [5.41, 5.74) is 2.66. The van der Waals surface area contributed by atoms with Crippen LogP contribution in [-0.4, -0.2) is 53.9 Å². The summed E-state index contributed by atoms with van der Waals surface area (Å²) in [6.45, 7) is -1.32. The van der Waals surface area contributed by atoms with Gasteiger partial charge in [0.1, 0.15) is 5.75 Å². The summed E-state index contributed by atoms with van der Waals surface area (Å²) in [4.78, 5) is 30.0. The second-order valence-corrected chi connectivity index (χ2v) is 7.32. The van der Waals surface area contributed by atoms with Crippen molar-refractivity contribution in [2.45, 2.75) is 12.0 Å². The molecule has 9 heteroatoms. The quantitative estimate of drug-likeness (QED) is 0.664. The van der Waals surface area contributed by atoms with Crippen LogP contribution in [0, 0.1) is 11.3 Å². The molecule has 0 spiro atoms. The topological polar surface area (TPSA) is 95.3 Å². The summed E-state index contributed by atoms with van der Waals surface area (Å²) in [6.07, 6.45) is 1.48. The zero-order valence-electron chi connectivity index (χ0n) is 17.0. The number of fused-ring (bicyclic) bond motifs is 1. The van der Waals surface area contributed by atoms with E-state index < -0.39 is 36.9 Å². The van der Waals surface area contributed by atoms with Crippen LogP contribution in [0.3, 0.4) is 0 Å². The van der Waals surface area contributed by atoms with Crippen LogP contribution >= 0.6 is 0 Å². The molecule has 0 radical (unpaired) electrons. The molecule has 3 aromatic rings. The predicted molar refractivity (Wildman–Crippen MR) is 112 cm³/mol. The number of pyridine rings is 1. The molecule has 1 aliphatic heterocycles. The normalized spacial score (nSPS) is 16.7. The zero-order valence-corrected chi connectivity index (χ0v) is 17.0. The van der Waals surface area contributed by atoms with E-state index in [9.17, 15) is 18.4 Å². The van der Waals surface area contributed by atoms with Crippen LogP contribution in [-0.2, 0) is 4.79 Å². The lowest BCUT2D eigenvalue weighted by atomic mass is 9.99. The van der Waals surface area contributed by atoms with Crippen molar-refractivity contribution in [1.29, 1.82) is 5.26 Å². The van der Waals surface area contributed by atoms with Gasteiger partial charge >= 0.3 is 0 Å². The largest absolute Gasteiger partial charge is 0.497 e. The number of benzene rings is 2. The van der Waals surface area contributed by atoms with Crippen LogP contribution in [0.5, 0.6) is 5.75 Å². The minimum Gasteiger partial charge on any atom is -0.497 e. The highest BCUT2D eigenvalue weighted by Crippen LogP contribution is 2.34. The van der Waals surface area contributed by atoms with Crippen molar-refractivity contribution in [3.05, 3.63) is 60.3 Å². The maximum Gasteiger partial charge on any atom is 0.298 e. The molecule has 1 N–H and O–H groups in total. The Hall–Kier alpha value is -4.06. The van der Waals surface area contributed by atoms with Gasteiger partial charge in [-0.15, -0.1) is 0 Å². The van der Waals surface area contributed by atoms with Crippen molar-refractivity contribution in [2.24, 2.45) is 0 Å². The standard InChI is InChI=1S/C23H18F2N4O3/c1-32-16-5-2-14(3-6-16)15-4-7-19-18(10-15)17(8-9-27-19)22(31)28-12-21(30)29-13-23(24,25)20(29)11-26/h2-10,20H,12-13H2,1H3,(H,28,31)/t20-/m1/s1. The van der Waals surface area contributed by atoms with Gasteiger partial charge in [-0.05, 0) is 41.5 Å². The van der Waals surface area contributed by atoms with E-state index in [1.54, 1.807) is 13.2 Å². The number of alkyl halides is 2. The molecule has 1 saturated heterocycles. The fourth-order valence-electron chi connectivity index (χ4n) is 3.58. The predicted octanol–water partition coefficient (Wildman–Crippen LogP) is 3.01. The summed E-state index contributed by atoms with van der Waals surface area (Å²) in [5.74, 6) is -3.79. The van der Waals surface area contributed by atoms with Gasteiger partial charge in [-0.2, -0.15) is 5.26 Å². The second kappa shape index (κ2) is 8.23. The SMILES string of the molecule is COc1ccc(-c2ccc3nccc(C(=O)NCC(=O)N4CC(F)(F)[C@H]4C#N)c3c2)cc1. The highest BCUT2D eigenvalue weighted by Gasteiger charge is 2.57. The Morgan fingerprint density at radius 3 is 2.59 bits per heavy atom. The van der Waals surface area contributed by atoms with E-state index >= 15 is 0 Å². The Labute approximate surface area is 182 Å². The molecule has 2 aromatic carbocycles. The first-order valence-corrected chi connectivity index (χ1v) is 9.72. The van der Waals surface area contributed by atoms with Crippen LogP contribution < -0.4 is 10.1 Å². The van der Waals surface area contributed by atoms with Crippen LogP contribution in [0.15, 0.2) is 54.7 Å². The van der Waals surface area contributed by atoms with Crippen molar-refractivity contribution in [2.75, 3.05) is 20.2 Å². The Kier molecular flexibility index (Phi) is 5.45. The van der Waals surface area contributed by atoms with E-state index in [0.717, 1.165) is 21.8 Å². The van der Waals surface area contributed by atoms with Gasteiger partial charge in [0, 0.05) is 11.6 Å². The summed E-state index contributed by atoms with van der Waals surface area (Å²) in [6, 6.07) is 14.1. The van der Waals surface area contributed by atoms with Gasteiger partial charge in [0.15, 0.2) is 6.04 Å². The lowest BCUT2D eigenvalue weighted by Crippen LogP contribution is -2.67. The molecule has 7 nitrogen and oxygen atoms in total. The molecule has 2 amide bonds. The van der Waals surface area contributed by atoms with E-state index in [4.69, 9.17) is 10.00 Å². The third-order valence-electron chi connectivity index (χ3n) is 5.35. The number of methoxy groups -OCH3 is 1. The van der Waals surface area contributed by atoms with Crippen LogP contribution in [0.2, 0.25) is 0 Å². The van der Waals surface area contributed by atoms with E-state index in [-0.39, 0.29) is 0 Å². The van der Waals surface area contributed by atoms with Crippen molar-refractivity contribution in [1.82, 2.24) is 15.2 Å². The molecule has 4 rings (SSSR count). The number of ether oxygens (including phenoxy) is 1. The first kappa shape index (κ1) is 21.2. The lowest BCUT2D eigenvalue weighted by molar-refractivity contribution is -0.180. The minimum absolute atomic E-state index is 0.295. The Bertz CT molecular complexity index is 1240. The fourth-order valence-corrected chi connectivity index (χ4v) is 3.58. The molecule has 0 aliphatic carbocycles. The third kappa shape index (κ3) is 3.83. The van der Waals surface area contributed by atoms with Gasteiger partial charge in [0.2, 0.25) is 5.91 Å². The average Bonchev–Trinajstić information content (AvgIpc) is 2.80. The number of hydrogen-bond donors (Lipinski definition) is 1. The zero-order chi connectivity index (χ0) is 22.9. The maximum absolute atomic E-state index is 13.4. The van der Waals surface area contributed by atoms with E-state index in [1.807, 2.05) is 36.4 Å². The van der Waals surface area contributed by atoms with Gasteiger partial charge in [-0.1, -0.05) is 18.2 Å². The van der Waals surface area contributed by atoms with Crippen molar-refractivity contribution in [3.8, 4) is 22.9 Å². The number of likely N-dealkylation sites (tertiary alicyclic amines) is 1. The van der Waals surface area contributed by atoms with Crippen molar-refractivity contribution < 1.29 is 23.1 Å². The third-order valence-corrected chi connectivity index (χ3v) is 5.35. The highest BCUT2D eigenvalue weighted by molar-refractivity contribution is 6.07. The molecular formula is C23H18F2N4O3. The van der Waals surface area contributed by atoms with Crippen molar-refractivity contribution >= 4 is 22.7 Å². The van der Waals surface area contributed by atoms with Gasteiger partial charge in [0.05, 0.1) is 37.3 Å². The number of amides is 2. The summed E-state index contributed by atoms with van der Waals surface area (Å²) >= 11 is 0. The lowest BCUT2D eigenvalue weighted by Gasteiger charge is -2.43. The first-order chi connectivity index (χ1) is 15.3. The van der Waals surface area contributed by atoms with Crippen LogP contribution in [0.25, 0.3) is 22.0 Å². The van der Waals surface area contributed by atoms with Crippen LogP contribution in [0.4, 0.5) is 8.78 Å². The number of nitriles is 1. The molecule has 162 valence electrons. The summed E-state index contributed by atoms with van der Waals surface area (Å²) < 4.78 is 31.9. The van der Waals surface area contributed by atoms with Gasteiger partial charge in [0.25, 0.3) is 11.8 Å². The average molecular weight is 436 g/mol. The smallest absolute Gasteiger partial charge is 0.298 e. The minimum atomic E-state index is -3.23. The number of nitrogens with zero attached hydrogens (tertiary/aromatic N) is 3. The van der Waals surface area contributed by atoms with Gasteiger partial charge in [-0.3, -0.25) is 14.6 Å². The van der Waals surface area contributed by atoms with E-state index in [0.29, 0.717) is 16.5 Å². The molecule has 0 saturated carbocycles. The molecule has 32 heavy (non-hydrogen) atoms. The molecule has 1 atom stereocenters. The van der Waals surface area contributed by atoms with Gasteiger partial charge in [-0.25, -0.2) is 8.78 Å². The molecule has 1 aliphatic rings. The Morgan fingerprint density at radius 2 is 1.94 bits per heavy atom. The summed E-state index contributed by atoms with van der Waals surface area (Å²) in [5, 5.41) is 11.9. The Morgan fingerprint density at radius 1 is 1.22 bits per heavy atom. The molecule has 1 aromatic heterocycles. The second-order valence-electron chi connectivity index (χ2n) is 7.32.